The fourth-order valence-electron chi connectivity index (χ4n) is 2.18. The van der Waals surface area contributed by atoms with E-state index in [4.69, 9.17) is 0 Å². The van der Waals surface area contributed by atoms with E-state index in [-0.39, 0.29) is 11.5 Å². The molecule has 2 saturated carbocycles. The van der Waals surface area contributed by atoms with Crippen LogP contribution in [0.15, 0.2) is 0 Å². The van der Waals surface area contributed by atoms with E-state index in [1.54, 1.807) is 0 Å². The Morgan fingerprint density at radius 2 is 1.60 bits per heavy atom. The molecular formula is C13H25NO. The molecule has 2 rings (SSSR count). The van der Waals surface area contributed by atoms with Crippen LogP contribution in [0.25, 0.3) is 0 Å². The zero-order chi connectivity index (χ0) is 11.1. The minimum absolute atomic E-state index is 0.00461. The highest BCUT2D eigenvalue weighted by molar-refractivity contribution is 4.96. The van der Waals surface area contributed by atoms with Crippen molar-refractivity contribution in [3.8, 4) is 0 Å². The number of hydrogen-bond acceptors (Lipinski definition) is 2. The number of hydrogen-bond donors (Lipinski definition) is 2. The fraction of sp³-hybridized carbons (Fsp3) is 1.00. The van der Waals surface area contributed by atoms with E-state index in [0.29, 0.717) is 6.04 Å². The smallest absolute Gasteiger partial charge is 0.0712 e. The molecule has 2 heteroatoms. The Balaban J connectivity index is 1.75. The molecule has 0 aromatic carbocycles. The normalized spacial score (nSPS) is 24.6. The molecular weight excluding hydrogens is 186 g/mol. The van der Waals surface area contributed by atoms with Crippen LogP contribution < -0.4 is 5.32 Å². The Bertz CT molecular complexity index is 201. The lowest BCUT2D eigenvalue weighted by Gasteiger charge is -2.28. The first-order chi connectivity index (χ1) is 6.98. The van der Waals surface area contributed by atoms with Crippen LogP contribution >= 0.6 is 0 Å². The van der Waals surface area contributed by atoms with E-state index in [1.807, 2.05) is 0 Å². The Hall–Kier alpha value is -0.0800. The van der Waals surface area contributed by atoms with Crippen LogP contribution in [-0.2, 0) is 0 Å². The van der Waals surface area contributed by atoms with Gasteiger partial charge in [0.15, 0.2) is 0 Å². The molecule has 0 saturated heterocycles. The monoisotopic (exact) mass is 211 g/mol. The third kappa shape index (κ3) is 3.18. The summed E-state index contributed by atoms with van der Waals surface area (Å²) >= 11 is 0. The molecule has 2 aliphatic carbocycles. The summed E-state index contributed by atoms with van der Waals surface area (Å²) in [4.78, 5) is 0. The molecule has 0 spiro atoms. The van der Waals surface area contributed by atoms with Crippen LogP contribution in [0.3, 0.4) is 0 Å². The van der Waals surface area contributed by atoms with Crippen molar-refractivity contribution in [3.05, 3.63) is 0 Å². The first-order valence-corrected chi connectivity index (χ1v) is 6.40. The molecule has 2 N–H and O–H groups in total. The summed E-state index contributed by atoms with van der Waals surface area (Å²) in [5, 5.41) is 13.6. The molecule has 0 radical (unpaired) electrons. The van der Waals surface area contributed by atoms with Crippen LogP contribution in [0.2, 0.25) is 0 Å². The highest BCUT2D eigenvalue weighted by atomic mass is 16.3. The third-order valence-electron chi connectivity index (χ3n) is 3.81. The molecule has 0 heterocycles. The van der Waals surface area contributed by atoms with Crippen LogP contribution in [0.1, 0.15) is 46.5 Å². The topological polar surface area (TPSA) is 32.3 Å². The summed E-state index contributed by atoms with van der Waals surface area (Å²) in [6.07, 6.45) is 5.39. The van der Waals surface area contributed by atoms with Gasteiger partial charge in [-0.3, -0.25) is 0 Å². The van der Waals surface area contributed by atoms with Gasteiger partial charge in [0.2, 0.25) is 0 Å². The van der Waals surface area contributed by atoms with Gasteiger partial charge in [0.1, 0.15) is 0 Å². The highest BCUT2D eigenvalue weighted by Gasteiger charge is 2.41. The number of aliphatic hydroxyl groups excluding tert-OH is 1. The van der Waals surface area contributed by atoms with E-state index in [0.717, 1.165) is 18.4 Å². The van der Waals surface area contributed by atoms with E-state index < -0.39 is 0 Å². The number of nitrogens with one attached hydrogen (secondary N) is 1. The number of aliphatic hydroxyl groups is 1. The molecule has 88 valence electrons. The molecule has 0 bridgehead atoms. The van der Waals surface area contributed by atoms with Crippen molar-refractivity contribution in [2.24, 2.45) is 17.3 Å². The van der Waals surface area contributed by atoms with Gasteiger partial charge in [-0.1, -0.05) is 20.8 Å². The molecule has 0 amide bonds. The molecule has 2 nitrogen and oxygen atoms in total. The Labute approximate surface area is 93.5 Å². The molecule has 0 aliphatic heterocycles. The van der Waals surface area contributed by atoms with E-state index >= 15 is 0 Å². The van der Waals surface area contributed by atoms with Gasteiger partial charge in [0.25, 0.3) is 0 Å². The van der Waals surface area contributed by atoms with Crippen LogP contribution in [0.4, 0.5) is 0 Å². The minimum Gasteiger partial charge on any atom is -0.391 e. The van der Waals surface area contributed by atoms with Crippen molar-refractivity contribution in [1.29, 1.82) is 0 Å². The maximum atomic E-state index is 9.98. The second kappa shape index (κ2) is 4.06. The second-order valence-corrected chi connectivity index (χ2v) is 6.49. The van der Waals surface area contributed by atoms with Gasteiger partial charge >= 0.3 is 0 Å². The second-order valence-electron chi connectivity index (χ2n) is 6.49. The first-order valence-electron chi connectivity index (χ1n) is 6.40. The lowest BCUT2D eigenvalue weighted by atomic mass is 9.89. The van der Waals surface area contributed by atoms with Crippen molar-refractivity contribution in [3.63, 3.8) is 0 Å². The zero-order valence-corrected chi connectivity index (χ0v) is 10.3. The lowest BCUT2D eigenvalue weighted by Crippen LogP contribution is -2.43. The first kappa shape index (κ1) is 11.4. The maximum absolute atomic E-state index is 9.98. The Morgan fingerprint density at radius 3 is 1.93 bits per heavy atom. The number of rotatable bonds is 5. The van der Waals surface area contributed by atoms with Gasteiger partial charge in [0.05, 0.1) is 6.10 Å². The van der Waals surface area contributed by atoms with Gasteiger partial charge in [-0.15, -0.1) is 0 Å². The summed E-state index contributed by atoms with van der Waals surface area (Å²) in [6.45, 7) is 7.06. The zero-order valence-electron chi connectivity index (χ0n) is 10.3. The quantitative estimate of drug-likeness (QED) is 0.730. The molecule has 1 atom stereocenters. The van der Waals surface area contributed by atoms with Gasteiger partial charge in [0, 0.05) is 12.6 Å². The summed E-state index contributed by atoms with van der Waals surface area (Å²) in [5.41, 5.74) is 0.00461. The third-order valence-corrected chi connectivity index (χ3v) is 3.81. The predicted molar refractivity (Wildman–Crippen MR) is 62.7 cm³/mol. The van der Waals surface area contributed by atoms with E-state index in [1.165, 1.54) is 25.7 Å². The highest BCUT2D eigenvalue weighted by Crippen LogP contribution is 2.44. The van der Waals surface area contributed by atoms with E-state index in [9.17, 15) is 5.11 Å². The van der Waals surface area contributed by atoms with Gasteiger partial charge in [-0.05, 0) is 42.9 Å². The van der Waals surface area contributed by atoms with Crippen LogP contribution in [0.5, 0.6) is 0 Å². The van der Waals surface area contributed by atoms with Crippen LogP contribution in [0, 0.1) is 17.3 Å². The van der Waals surface area contributed by atoms with Crippen molar-refractivity contribution in [1.82, 2.24) is 5.32 Å². The minimum atomic E-state index is -0.225. The fourth-order valence-corrected chi connectivity index (χ4v) is 2.18. The largest absolute Gasteiger partial charge is 0.391 e. The Morgan fingerprint density at radius 1 is 1.13 bits per heavy atom. The molecule has 15 heavy (non-hydrogen) atoms. The average Bonchev–Trinajstić information content (AvgIpc) is 2.98. The molecule has 0 aromatic rings. The lowest BCUT2D eigenvalue weighted by molar-refractivity contribution is 0.0589. The van der Waals surface area contributed by atoms with Gasteiger partial charge in [-0.25, -0.2) is 0 Å². The average molecular weight is 211 g/mol. The molecule has 1 unspecified atom stereocenters. The summed E-state index contributed by atoms with van der Waals surface area (Å²) in [7, 11) is 0. The van der Waals surface area contributed by atoms with Crippen molar-refractivity contribution < 1.29 is 5.11 Å². The molecule has 0 aromatic heterocycles. The van der Waals surface area contributed by atoms with Crippen molar-refractivity contribution in [2.45, 2.75) is 58.6 Å². The van der Waals surface area contributed by atoms with Crippen molar-refractivity contribution in [2.75, 3.05) is 6.54 Å². The molecule has 2 aliphatic rings. The SMILES string of the molecule is CC(C)(C)C(O)CNC(C1CC1)C1CC1. The molecule has 2 fully saturated rings. The summed E-state index contributed by atoms with van der Waals surface area (Å²) in [5.74, 6) is 1.84. The Kier molecular flexibility index (Phi) is 3.09. The van der Waals surface area contributed by atoms with E-state index in [2.05, 4.69) is 26.1 Å². The van der Waals surface area contributed by atoms with Gasteiger partial charge in [-0.2, -0.15) is 0 Å². The van der Waals surface area contributed by atoms with Crippen LogP contribution in [-0.4, -0.2) is 23.8 Å². The van der Waals surface area contributed by atoms with Crippen molar-refractivity contribution >= 4 is 0 Å². The summed E-state index contributed by atoms with van der Waals surface area (Å²) in [6, 6.07) is 0.710. The maximum Gasteiger partial charge on any atom is 0.0712 e. The van der Waals surface area contributed by atoms with Gasteiger partial charge < -0.3 is 10.4 Å². The standard InChI is InChI=1S/C13H25NO/c1-13(2,3)11(15)8-14-12(9-4-5-9)10-6-7-10/h9-12,14-15H,4-8H2,1-3H3. The predicted octanol–water partition coefficient (Wildman–Crippen LogP) is 2.17. The summed E-state index contributed by atoms with van der Waals surface area (Å²) < 4.78 is 0.